The van der Waals surface area contributed by atoms with Crippen LogP contribution in [0, 0.1) is 5.82 Å². The summed E-state index contributed by atoms with van der Waals surface area (Å²) in [6.45, 7) is 2.77. The minimum absolute atomic E-state index is 0.0281. The van der Waals surface area contributed by atoms with Gasteiger partial charge in [-0.3, -0.25) is 0 Å². The van der Waals surface area contributed by atoms with E-state index in [-0.39, 0.29) is 5.02 Å². The van der Waals surface area contributed by atoms with Gasteiger partial charge in [-0.15, -0.1) is 0 Å². The third-order valence-electron chi connectivity index (χ3n) is 3.77. The van der Waals surface area contributed by atoms with Crippen molar-refractivity contribution in [2.24, 2.45) is 0 Å². The molecule has 3 heterocycles. The number of thiazole rings is 1. The van der Waals surface area contributed by atoms with Crippen molar-refractivity contribution >= 4 is 39.7 Å². The predicted octanol–water partition coefficient (Wildman–Crippen LogP) is 3.67. The Bertz CT molecular complexity index is 896. The third-order valence-corrected chi connectivity index (χ3v) is 5.48. The molecule has 3 aromatic rings. The Kier molecular flexibility index (Phi) is 4.60. The van der Waals surface area contributed by atoms with Crippen LogP contribution in [0.3, 0.4) is 0 Å². The van der Waals surface area contributed by atoms with Gasteiger partial charge in [-0.25, -0.2) is 19.0 Å². The van der Waals surface area contributed by atoms with Crippen LogP contribution < -0.4 is 4.90 Å². The van der Waals surface area contributed by atoms with Crippen molar-refractivity contribution in [3.8, 4) is 16.3 Å². The summed E-state index contributed by atoms with van der Waals surface area (Å²) in [6, 6.07) is 2.68. The standard InChI is InChI=1S/C15H12Cl2FN5OS/c16-10-6-11(17)12(18)5-9(10)13-14(23-8-19-7-20-23)25-15(21-13)22-1-3-24-4-2-22/h5-8H,1-4H2. The fourth-order valence-electron chi connectivity index (χ4n) is 2.54. The molecule has 0 saturated carbocycles. The summed E-state index contributed by atoms with van der Waals surface area (Å²) < 4.78 is 21.0. The lowest BCUT2D eigenvalue weighted by molar-refractivity contribution is 0.122. The SMILES string of the molecule is Fc1cc(-c2nc(N3CCOCC3)sc2-n2cncn2)c(Cl)cc1Cl. The molecule has 1 aliphatic rings. The van der Waals surface area contributed by atoms with Gasteiger partial charge in [0.05, 0.1) is 23.3 Å². The fraction of sp³-hybridized carbons (Fsp3) is 0.267. The fourth-order valence-corrected chi connectivity index (χ4v) is 4.07. The number of ether oxygens (including phenoxy) is 1. The highest BCUT2D eigenvalue weighted by Crippen LogP contribution is 2.40. The van der Waals surface area contributed by atoms with Crippen LogP contribution in [0.5, 0.6) is 0 Å². The molecule has 0 N–H and O–H groups in total. The summed E-state index contributed by atoms with van der Waals surface area (Å²) in [5, 5.41) is 5.98. The average molecular weight is 400 g/mol. The van der Waals surface area contributed by atoms with Crippen LogP contribution in [0.25, 0.3) is 16.3 Å². The molecule has 0 spiro atoms. The van der Waals surface area contributed by atoms with Crippen LogP contribution in [0.2, 0.25) is 10.0 Å². The number of rotatable bonds is 3. The second-order valence-electron chi connectivity index (χ2n) is 5.34. The second kappa shape index (κ2) is 6.87. The lowest BCUT2D eigenvalue weighted by Gasteiger charge is -2.25. The Morgan fingerprint density at radius 1 is 1.16 bits per heavy atom. The summed E-state index contributed by atoms with van der Waals surface area (Å²) >= 11 is 13.6. The molecule has 0 atom stereocenters. The Labute approximate surface area is 156 Å². The number of hydrogen-bond donors (Lipinski definition) is 0. The maximum Gasteiger partial charge on any atom is 0.188 e. The smallest absolute Gasteiger partial charge is 0.188 e. The topological polar surface area (TPSA) is 56.1 Å². The van der Waals surface area contributed by atoms with Crippen LogP contribution in [-0.2, 0) is 4.74 Å². The average Bonchev–Trinajstić information content (AvgIpc) is 3.28. The second-order valence-corrected chi connectivity index (χ2v) is 7.11. The highest BCUT2D eigenvalue weighted by molar-refractivity contribution is 7.18. The molecule has 2 aromatic heterocycles. The lowest BCUT2D eigenvalue weighted by Crippen LogP contribution is -2.36. The van der Waals surface area contributed by atoms with E-state index in [0.29, 0.717) is 34.5 Å². The van der Waals surface area contributed by atoms with Crippen LogP contribution in [0.15, 0.2) is 24.8 Å². The van der Waals surface area contributed by atoms with E-state index in [9.17, 15) is 4.39 Å². The third kappa shape index (κ3) is 3.22. The Morgan fingerprint density at radius 2 is 1.96 bits per heavy atom. The number of halogens is 3. The van der Waals surface area contributed by atoms with Crippen molar-refractivity contribution in [2.75, 3.05) is 31.2 Å². The number of aromatic nitrogens is 4. The number of benzene rings is 1. The summed E-state index contributed by atoms with van der Waals surface area (Å²) in [5.41, 5.74) is 1.00. The highest BCUT2D eigenvalue weighted by Gasteiger charge is 2.23. The molecule has 0 radical (unpaired) electrons. The minimum Gasteiger partial charge on any atom is -0.378 e. The molecule has 1 fully saturated rings. The zero-order valence-corrected chi connectivity index (χ0v) is 15.2. The largest absolute Gasteiger partial charge is 0.378 e. The maximum atomic E-state index is 14.0. The number of nitrogens with zero attached hydrogens (tertiary/aromatic N) is 5. The minimum atomic E-state index is -0.550. The van der Waals surface area contributed by atoms with Crippen molar-refractivity contribution in [2.45, 2.75) is 0 Å². The van der Waals surface area contributed by atoms with Gasteiger partial charge in [-0.1, -0.05) is 34.5 Å². The van der Waals surface area contributed by atoms with Gasteiger partial charge in [0.25, 0.3) is 0 Å². The van der Waals surface area contributed by atoms with Crippen molar-refractivity contribution in [1.82, 2.24) is 19.7 Å². The van der Waals surface area contributed by atoms with E-state index in [0.717, 1.165) is 18.2 Å². The first kappa shape index (κ1) is 16.7. The van der Waals surface area contributed by atoms with Crippen molar-refractivity contribution in [3.05, 3.63) is 40.6 Å². The molecule has 0 bridgehead atoms. The van der Waals surface area contributed by atoms with Crippen LogP contribution in [-0.4, -0.2) is 46.1 Å². The van der Waals surface area contributed by atoms with E-state index in [1.807, 2.05) is 0 Å². The number of anilines is 1. The summed E-state index contributed by atoms with van der Waals surface area (Å²) in [6.07, 6.45) is 3.00. The Morgan fingerprint density at radius 3 is 2.68 bits per heavy atom. The molecule has 0 amide bonds. The molecule has 1 aromatic carbocycles. The lowest BCUT2D eigenvalue weighted by atomic mass is 10.1. The summed E-state index contributed by atoms with van der Waals surface area (Å²) in [4.78, 5) is 10.8. The molecular formula is C15H12Cl2FN5OS. The van der Waals surface area contributed by atoms with Crippen molar-refractivity contribution in [3.63, 3.8) is 0 Å². The Balaban J connectivity index is 1.85. The first-order valence-electron chi connectivity index (χ1n) is 7.47. The molecule has 1 aliphatic heterocycles. The van der Waals surface area contributed by atoms with E-state index in [1.165, 1.54) is 29.8 Å². The number of morpholine rings is 1. The van der Waals surface area contributed by atoms with Gasteiger partial charge in [-0.2, -0.15) is 5.10 Å². The van der Waals surface area contributed by atoms with Crippen LogP contribution >= 0.6 is 34.5 Å². The van der Waals surface area contributed by atoms with E-state index < -0.39 is 5.82 Å². The van der Waals surface area contributed by atoms with Gasteiger partial charge in [0.2, 0.25) is 0 Å². The molecule has 25 heavy (non-hydrogen) atoms. The normalized spacial score (nSPS) is 14.9. The molecular weight excluding hydrogens is 388 g/mol. The van der Waals surface area contributed by atoms with Gasteiger partial charge in [0.1, 0.15) is 29.2 Å². The molecule has 4 rings (SSSR count). The first-order valence-corrected chi connectivity index (χ1v) is 9.04. The van der Waals surface area contributed by atoms with E-state index in [4.69, 9.17) is 32.9 Å². The zero-order valence-electron chi connectivity index (χ0n) is 12.8. The molecule has 0 unspecified atom stereocenters. The quantitative estimate of drug-likeness (QED) is 0.628. The molecule has 6 nitrogen and oxygen atoms in total. The molecule has 1 saturated heterocycles. The van der Waals surface area contributed by atoms with Gasteiger partial charge in [0, 0.05) is 18.7 Å². The van der Waals surface area contributed by atoms with E-state index in [1.54, 1.807) is 11.0 Å². The van der Waals surface area contributed by atoms with E-state index in [2.05, 4.69) is 15.0 Å². The van der Waals surface area contributed by atoms with E-state index >= 15 is 0 Å². The maximum absolute atomic E-state index is 14.0. The van der Waals surface area contributed by atoms with Crippen molar-refractivity contribution in [1.29, 1.82) is 0 Å². The van der Waals surface area contributed by atoms with Gasteiger partial charge in [0.15, 0.2) is 5.13 Å². The van der Waals surface area contributed by atoms with Gasteiger partial charge in [-0.05, 0) is 12.1 Å². The van der Waals surface area contributed by atoms with Crippen LogP contribution in [0.4, 0.5) is 9.52 Å². The summed E-state index contributed by atoms with van der Waals surface area (Å²) in [5.74, 6) is -0.550. The highest BCUT2D eigenvalue weighted by atomic mass is 35.5. The monoisotopic (exact) mass is 399 g/mol. The summed E-state index contributed by atoms with van der Waals surface area (Å²) in [7, 11) is 0. The molecule has 130 valence electrons. The molecule has 0 aliphatic carbocycles. The Hall–Kier alpha value is -1.74. The predicted molar refractivity (Wildman–Crippen MR) is 95.5 cm³/mol. The van der Waals surface area contributed by atoms with Crippen molar-refractivity contribution < 1.29 is 9.13 Å². The molecule has 10 heteroatoms. The van der Waals surface area contributed by atoms with Gasteiger partial charge < -0.3 is 9.64 Å². The zero-order chi connectivity index (χ0) is 17.4. The van der Waals surface area contributed by atoms with Gasteiger partial charge >= 0.3 is 0 Å². The van der Waals surface area contributed by atoms with Crippen LogP contribution in [0.1, 0.15) is 0 Å². The number of hydrogen-bond acceptors (Lipinski definition) is 6. The first-order chi connectivity index (χ1) is 12.1.